The van der Waals surface area contributed by atoms with Crippen molar-refractivity contribution in [3.05, 3.63) is 35.3 Å². The Labute approximate surface area is 132 Å². The van der Waals surface area contributed by atoms with Crippen molar-refractivity contribution in [3.63, 3.8) is 0 Å². The van der Waals surface area contributed by atoms with Gasteiger partial charge in [0.2, 0.25) is 0 Å². The first-order valence-corrected chi connectivity index (χ1v) is 7.79. The van der Waals surface area contributed by atoms with E-state index in [1.807, 2.05) is 24.3 Å². The maximum Gasteiger partial charge on any atom is 0.491 e. The maximum atomic E-state index is 6.06. The second-order valence-electron chi connectivity index (χ2n) is 6.06. The van der Waals surface area contributed by atoms with Gasteiger partial charge in [-0.3, -0.25) is 0 Å². The Morgan fingerprint density at radius 2 is 1.80 bits per heavy atom. The molecule has 0 aliphatic carbocycles. The van der Waals surface area contributed by atoms with E-state index in [2.05, 4.69) is 59.0 Å². The SMILES string of the molecule is CC1(C)OB(C(=Cc2cccc(S)c2)CS)OC1(C)C. The van der Waals surface area contributed by atoms with Gasteiger partial charge in [-0.2, -0.15) is 12.6 Å². The van der Waals surface area contributed by atoms with Crippen molar-refractivity contribution in [2.75, 3.05) is 5.75 Å². The molecule has 1 aliphatic heterocycles. The Bertz CT molecular complexity index is 510. The number of rotatable bonds is 3. The standard InChI is InChI=1S/C15H21BO2S2/c1-14(2)15(3,4)18-16(17-14)12(10-19)8-11-6-5-7-13(20)9-11/h5-9,19-20H,10H2,1-4H3. The summed E-state index contributed by atoms with van der Waals surface area (Å²) in [6, 6.07) is 7.98. The smallest absolute Gasteiger partial charge is 0.400 e. The highest BCUT2D eigenvalue weighted by molar-refractivity contribution is 7.80. The predicted octanol–water partition coefficient (Wildman–Crippen LogP) is 3.92. The van der Waals surface area contributed by atoms with Crippen LogP contribution in [-0.2, 0) is 9.31 Å². The zero-order valence-corrected chi connectivity index (χ0v) is 14.2. The van der Waals surface area contributed by atoms with Crippen LogP contribution >= 0.6 is 25.3 Å². The summed E-state index contributed by atoms with van der Waals surface area (Å²) in [6.07, 6.45) is 2.06. The third-order valence-corrected chi connectivity index (χ3v) is 4.60. The lowest BCUT2D eigenvalue weighted by Gasteiger charge is -2.32. The minimum atomic E-state index is -0.346. The van der Waals surface area contributed by atoms with Crippen LogP contribution in [0.2, 0.25) is 0 Å². The molecule has 2 nitrogen and oxygen atoms in total. The highest BCUT2D eigenvalue weighted by Gasteiger charge is 2.52. The Balaban J connectivity index is 2.26. The van der Waals surface area contributed by atoms with E-state index >= 15 is 0 Å². The largest absolute Gasteiger partial charge is 0.491 e. The molecule has 0 amide bonds. The molecule has 1 saturated heterocycles. The summed E-state index contributed by atoms with van der Waals surface area (Å²) in [5.41, 5.74) is 1.44. The molecule has 0 saturated carbocycles. The van der Waals surface area contributed by atoms with Gasteiger partial charge in [0.15, 0.2) is 0 Å². The molecule has 20 heavy (non-hydrogen) atoms. The summed E-state index contributed by atoms with van der Waals surface area (Å²) in [5, 5.41) is 0. The molecule has 1 heterocycles. The summed E-state index contributed by atoms with van der Waals surface area (Å²) in [7, 11) is -0.346. The molecule has 108 valence electrons. The fourth-order valence-electron chi connectivity index (χ4n) is 2.01. The number of hydrogen-bond donors (Lipinski definition) is 2. The molecule has 0 radical (unpaired) electrons. The van der Waals surface area contributed by atoms with Crippen LogP contribution in [0.1, 0.15) is 33.3 Å². The molecule has 0 atom stereocenters. The van der Waals surface area contributed by atoms with E-state index in [-0.39, 0.29) is 18.3 Å². The van der Waals surface area contributed by atoms with Gasteiger partial charge in [0, 0.05) is 10.6 Å². The van der Waals surface area contributed by atoms with E-state index in [9.17, 15) is 0 Å². The molecule has 2 rings (SSSR count). The van der Waals surface area contributed by atoms with Gasteiger partial charge >= 0.3 is 7.12 Å². The summed E-state index contributed by atoms with van der Waals surface area (Å²) in [5.74, 6) is 0.591. The van der Waals surface area contributed by atoms with Crippen LogP contribution in [0.5, 0.6) is 0 Å². The zero-order valence-electron chi connectivity index (χ0n) is 12.4. The molecule has 0 N–H and O–H groups in total. The predicted molar refractivity (Wildman–Crippen MR) is 91.6 cm³/mol. The Kier molecular flexibility index (Phi) is 4.64. The van der Waals surface area contributed by atoms with Gasteiger partial charge in [-0.1, -0.05) is 18.2 Å². The first kappa shape index (κ1) is 16.0. The van der Waals surface area contributed by atoms with E-state index in [1.54, 1.807) is 0 Å². The summed E-state index contributed by atoms with van der Waals surface area (Å²) in [4.78, 5) is 0.936. The van der Waals surface area contributed by atoms with Crippen molar-refractivity contribution < 1.29 is 9.31 Å². The Morgan fingerprint density at radius 1 is 1.20 bits per heavy atom. The second kappa shape index (κ2) is 5.80. The molecule has 1 aromatic carbocycles. The number of thiol groups is 2. The Hall–Kier alpha value is -0.355. The van der Waals surface area contributed by atoms with E-state index in [0.29, 0.717) is 5.75 Å². The van der Waals surface area contributed by atoms with Gasteiger partial charge in [-0.15, -0.1) is 12.6 Å². The number of benzene rings is 1. The lowest BCUT2D eigenvalue weighted by atomic mass is 9.78. The molecule has 1 aromatic rings. The van der Waals surface area contributed by atoms with Gasteiger partial charge in [-0.25, -0.2) is 0 Å². The zero-order chi connectivity index (χ0) is 15.0. The van der Waals surface area contributed by atoms with E-state index in [4.69, 9.17) is 9.31 Å². The molecule has 0 unspecified atom stereocenters. The molecule has 0 spiro atoms. The van der Waals surface area contributed by atoms with Crippen molar-refractivity contribution in [3.8, 4) is 0 Å². The van der Waals surface area contributed by atoms with Crippen LogP contribution < -0.4 is 0 Å². The van der Waals surface area contributed by atoms with Gasteiger partial charge in [-0.05, 0) is 50.9 Å². The highest BCUT2D eigenvalue weighted by Crippen LogP contribution is 2.39. The van der Waals surface area contributed by atoms with Gasteiger partial charge in [0.1, 0.15) is 0 Å². The fourth-order valence-corrected chi connectivity index (χ4v) is 2.49. The van der Waals surface area contributed by atoms with Crippen LogP contribution in [0.4, 0.5) is 0 Å². The Morgan fingerprint density at radius 3 is 2.30 bits per heavy atom. The average molecular weight is 308 g/mol. The van der Waals surface area contributed by atoms with Gasteiger partial charge < -0.3 is 9.31 Å². The van der Waals surface area contributed by atoms with Crippen molar-refractivity contribution in [2.24, 2.45) is 0 Å². The normalized spacial score (nSPS) is 21.3. The maximum absolute atomic E-state index is 6.06. The fraction of sp³-hybridized carbons (Fsp3) is 0.467. The third kappa shape index (κ3) is 3.27. The highest BCUT2D eigenvalue weighted by atomic mass is 32.1. The minimum absolute atomic E-state index is 0.328. The van der Waals surface area contributed by atoms with Crippen LogP contribution in [0.25, 0.3) is 6.08 Å². The summed E-state index contributed by atoms with van der Waals surface area (Å²) in [6.45, 7) is 8.21. The molecule has 0 bridgehead atoms. The molecule has 5 heteroatoms. The molecule has 1 aliphatic rings. The van der Waals surface area contributed by atoms with E-state index in [1.165, 1.54) is 0 Å². The number of hydrogen-bond acceptors (Lipinski definition) is 4. The van der Waals surface area contributed by atoms with Crippen molar-refractivity contribution in [1.82, 2.24) is 0 Å². The molecular weight excluding hydrogens is 287 g/mol. The van der Waals surface area contributed by atoms with Crippen LogP contribution in [0, 0.1) is 0 Å². The molecule has 0 aromatic heterocycles. The van der Waals surface area contributed by atoms with E-state index in [0.717, 1.165) is 15.9 Å². The average Bonchev–Trinajstić information content (AvgIpc) is 2.55. The third-order valence-electron chi connectivity index (χ3n) is 3.96. The summed E-state index contributed by atoms with van der Waals surface area (Å²) >= 11 is 8.77. The van der Waals surface area contributed by atoms with Gasteiger partial charge in [0.25, 0.3) is 0 Å². The van der Waals surface area contributed by atoms with Crippen LogP contribution in [-0.4, -0.2) is 24.1 Å². The van der Waals surface area contributed by atoms with E-state index < -0.39 is 0 Å². The monoisotopic (exact) mass is 308 g/mol. The van der Waals surface area contributed by atoms with Gasteiger partial charge in [0.05, 0.1) is 11.2 Å². The minimum Gasteiger partial charge on any atom is -0.400 e. The van der Waals surface area contributed by atoms with Crippen molar-refractivity contribution >= 4 is 38.5 Å². The lowest BCUT2D eigenvalue weighted by molar-refractivity contribution is 0.00578. The first-order chi connectivity index (χ1) is 9.25. The summed E-state index contributed by atoms with van der Waals surface area (Å²) < 4.78 is 12.1. The quantitative estimate of drug-likeness (QED) is 0.651. The van der Waals surface area contributed by atoms with Crippen LogP contribution in [0.3, 0.4) is 0 Å². The molecule has 1 fully saturated rings. The molecular formula is C15H21BO2S2. The van der Waals surface area contributed by atoms with Crippen molar-refractivity contribution in [2.45, 2.75) is 43.8 Å². The topological polar surface area (TPSA) is 18.5 Å². The lowest BCUT2D eigenvalue weighted by Crippen LogP contribution is -2.41. The second-order valence-corrected chi connectivity index (χ2v) is 6.89. The van der Waals surface area contributed by atoms with Crippen molar-refractivity contribution in [1.29, 1.82) is 0 Å². The first-order valence-electron chi connectivity index (χ1n) is 6.71. The van der Waals surface area contributed by atoms with Crippen LogP contribution in [0.15, 0.2) is 34.6 Å².